The quantitative estimate of drug-likeness (QED) is 0.731. The average molecular weight is 229 g/mol. The molecule has 15 heavy (non-hydrogen) atoms. The summed E-state index contributed by atoms with van der Waals surface area (Å²) in [5.74, 6) is 1.23. The van der Waals surface area contributed by atoms with E-state index in [1.165, 1.54) is 0 Å². The Balaban J connectivity index is 3.00. The number of aryl methyl sites for hydroxylation is 1. The molecule has 0 heterocycles. The molecule has 1 aromatic rings. The minimum atomic E-state index is 0.264. The van der Waals surface area contributed by atoms with Crippen LogP contribution >= 0.6 is 11.6 Å². The SMILES string of the molecule is COCOc1cc(C(C)C)c(Cl)cc1C. The van der Waals surface area contributed by atoms with E-state index in [1.807, 2.05) is 19.1 Å². The zero-order valence-corrected chi connectivity index (χ0v) is 10.4. The van der Waals surface area contributed by atoms with Crippen molar-refractivity contribution in [2.24, 2.45) is 0 Å². The zero-order chi connectivity index (χ0) is 11.4. The lowest BCUT2D eigenvalue weighted by atomic mass is 10.0. The number of methoxy groups -OCH3 is 1. The highest BCUT2D eigenvalue weighted by atomic mass is 35.5. The molecule has 0 bridgehead atoms. The van der Waals surface area contributed by atoms with Crippen LogP contribution in [0, 0.1) is 6.92 Å². The highest BCUT2D eigenvalue weighted by molar-refractivity contribution is 6.31. The summed E-state index contributed by atoms with van der Waals surface area (Å²) in [5.41, 5.74) is 2.13. The van der Waals surface area contributed by atoms with Crippen LogP contribution in [-0.2, 0) is 4.74 Å². The molecule has 0 fully saturated rings. The van der Waals surface area contributed by atoms with Gasteiger partial charge in [-0.05, 0) is 36.1 Å². The van der Waals surface area contributed by atoms with Gasteiger partial charge in [0.05, 0.1) is 0 Å². The molecule has 0 amide bonds. The van der Waals surface area contributed by atoms with Crippen LogP contribution in [-0.4, -0.2) is 13.9 Å². The van der Waals surface area contributed by atoms with Crippen molar-refractivity contribution in [3.8, 4) is 5.75 Å². The molecule has 0 aromatic heterocycles. The molecule has 3 heteroatoms. The second-order valence-electron chi connectivity index (χ2n) is 3.84. The van der Waals surface area contributed by atoms with Crippen molar-refractivity contribution in [1.29, 1.82) is 0 Å². The Morgan fingerprint density at radius 2 is 2.00 bits per heavy atom. The lowest BCUT2D eigenvalue weighted by Crippen LogP contribution is -2.02. The molecule has 84 valence electrons. The van der Waals surface area contributed by atoms with Crippen LogP contribution < -0.4 is 4.74 Å². The molecule has 1 rings (SSSR count). The van der Waals surface area contributed by atoms with E-state index in [-0.39, 0.29) is 6.79 Å². The lowest BCUT2D eigenvalue weighted by molar-refractivity contribution is 0.0505. The molecule has 0 spiro atoms. The van der Waals surface area contributed by atoms with E-state index in [0.29, 0.717) is 5.92 Å². The Kier molecular flexibility index (Phi) is 4.43. The van der Waals surface area contributed by atoms with E-state index in [9.17, 15) is 0 Å². The first kappa shape index (κ1) is 12.3. The molecule has 0 atom stereocenters. The third-order valence-corrected chi connectivity index (χ3v) is 2.58. The Bertz CT molecular complexity index is 335. The van der Waals surface area contributed by atoms with E-state index in [4.69, 9.17) is 21.1 Å². The molecular weight excluding hydrogens is 212 g/mol. The maximum atomic E-state index is 6.14. The predicted octanol–water partition coefficient (Wildman–Crippen LogP) is 3.75. The number of halogens is 1. The van der Waals surface area contributed by atoms with Gasteiger partial charge in [-0.25, -0.2) is 0 Å². The van der Waals surface area contributed by atoms with Crippen LogP contribution in [0.5, 0.6) is 5.75 Å². The highest BCUT2D eigenvalue weighted by Gasteiger charge is 2.09. The summed E-state index contributed by atoms with van der Waals surface area (Å²) >= 11 is 6.14. The fraction of sp³-hybridized carbons (Fsp3) is 0.500. The summed E-state index contributed by atoms with van der Waals surface area (Å²) in [6, 6.07) is 3.92. The van der Waals surface area contributed by atoms with Gasteiger partial charge < -0.3 is 9.47 Å². The first-order chi connectivity index (χ1) is 7.06. The number of rotatable bonds is 4. The largest absolute Gasteiger partial charge is 0.467 e. The Labute approximate surface area is 96.2 Å². The number of hydrogen-bond acceptors (Lipinski definition) is 2. The van der Waals surface area contributed by atoms with Gasteiger partial charge in [-0.15, -0.1) is 0 Å². The minimum Gasteiger partial charge on any atom is -0.467 e. The molecule has 0 radical (unpaired) electrons. The standard InChI is InChI=1S/C12H17ClO2/c1-8(2)10-6-12(15-7-14-4)9(3)5-11(10)13/h5-6,8H,7H2,1-4H3. The average Bonchev–Trinajstić information content (AvgIpc) is 2.16. The molecule has 0 N–H and O–H groups in total. The zero-order valence-electron chi connectivity index (χ0n) is 9.63. The van der Waals surface area contributed by atoms with Crippen LogP contribution in [0.25, 0.3) is 0 Å². The van der Waals surface area contributed by atoms with E-state index in [1.54, 1.807) is 7.11 Å². The smallest absolute Gasteiger partial charge is 0.188 e. The number of ether oxygens (including phenoxy) is 2. The molecule has 1 aromatic carbocycles. The predicted molar refractivity (Wildman–Crippen MR) is 62.8 cm³/mol. The fourth-order valence-corrected chi connectivity index (χ4v) is 1.83. The van der Waals surface area contributed by atoms with Crippen molar-refractivity contribution in [2.45, 2.75) is 26.7 Å². The first-order valence-corrected chi connectivity index (χ1v) is 5.35. The maximum Gasteiger partial charge on any atom is 0.188 e. The number of hydrogen-bond donors (Lipinski definition) is 0. The summed E-state index contributed by atoms with van der Waals surface area (Å²) in [7, 11) is 1.61. The van der Waals surface area contributed by atoms with E-state index < -0.39 is 0 Å². The molecule has 0 unspecified atom stereocenters. The molecular formula is C12H17ClO2. The molecule has 0 aliphatic carbocycles. The van der Waals surface area contributed by atoms with Crippen molar-refractivity contribution in [1.82, 2.24) is 0 Å². The highest BCUT2D eigenvalue weighted by Crippen LogP contribution is 2.31. The maximum absolute atomic E-state index is 6.14. The Hall–Kier alpha value is -0.730. The summed E-state index contributed by atoms with van der Waals surface area (Å²) in [5, 5.41) is 0.798. The van der Waals surface area contributed by atoms with Crippen molar-refractivity contribution >= 4 is 11.6 Å². The second-order valence-corrected chi connectivity index (χ2v) is 4.25. The van der Waals surface area contributed by atoms with E-state index >= 15 is 0 Å². The van der Waals surface area contributed by atoms with Crippen LogP contribution in [0.15, 0.2) is 12.1 Å². The Morgan fingerprint density at radius 1 is 1.33 bits per heavy atom. The van der Waals surface area contributed by atoms with Gasteiger partial charge in [-0.2, -0.15) is 0 Å². The monoisotopic (exact) mass is 228 g/mol. The Morgan fingerprint density at radius 3 is 2.53 bits per heavy atom. The summed E-state index contributed by atoms with van der Waals surface area (Å²) in [6.45, 7) is 6.45. The molecule has 2 nitrogen and oxygen atoms in total. The van der Waals surface area contributed by atoms with E-state index in [2.05, 4.69) is 13.8 Å². The summed E-state index contributed by atoms with van der Waals surface area (Å²) in [4.78, 5) is 0. The van der Waals surface area contributed by atoms with Crippen molar-refractivity contribution in [3.05, 3.63) is 28.3 Å². The molecule has 0 saturated heterocycles. The first-order valence-electron chi connectivity index (χ1n) is 4.98. The fourth-order valence-electron chi connectivity index (χ4n) is 1.39. The van der Waals surface area contributed by atoms with Crippen molar-refractivity contribution < 1.29 is 9.47 Å². The van der Waals surface area contributed by atoms with Crippen LogP contribution in [0.2, 0.25) is 5.02 Å². The second kappa shape index (κ2) is 5.38. The van der Waals surface area contributed by atoms with Crippen LogP contribution in [0.3, 0.4) is 0 Å². The third kappa shape index (κ3) is 3.11. The molecule has 0 aliphatic rings. The van der Waals surface area contributed by atoms with Gasteiger partial charge in [0.2, 0.25) is 0 Å². The van der Waals surface area contributed by atoms with Gasteiger partial charge in [0.1, 0.15) is 5.75 Å². The van der Waals surface area contributed by atoms with Gasteiger partial charge >= 0.3 is 0 Å². The topological polar surface area (TPSA) is 18.5 Å². The van der Waals surface area contributed by atoms with Crippen molar-refractivity contribution in [2.75, 3.05) is 13.9 Å². The van der Waals surface area contributed by atoms with Gasteiger partial charge in [-0.1, -0.05) is 25.4 Å². The number of benzene rings is 1. The van der Waals surface area contributed by atoms with Crippen molar-refractivity contribution in [3.63, 3.8) is 0 Å². The van der Waals surface area contributed by atoms with Crippen LogP contribution in [0.4, 0.5) is 0 Å². The van der Waals surface area contributed by atoms with Gasteiger partial charge in [0, 0.05) is 12.1 Å². The molecule has 0 aliphatic heterocycles. The van der Waals surface area contributed by atoms with Gasteiger partial charge in [-0.3, -0.25) is 0 Å². The lowest BCUT2D eigenvalue weighted by Gasteiger charge is -2.14. The summed E-state index contributed by atoms with van der Waals surface area (Å²) < 4.78 is 10.3. The summed E-state index contributed by atoms with van der Waals surface area (Å²) in [6.07, 6.45) is 0. The van der Waals surface area contributed by atoms with E-state index in [0.717, 1.165) is 21.9 Å². The van der Waals surface area contributed by atoms with Crippen LogP contribution in [0.1, 0.15) is 30.9 Å². The van der Waals surface area contributed by atoms with Gasteiger partial charge in [0.25, 0.3) is 0 Å². The molecule has 0 saturated carbocycles. The minimum absolute atomic E-state index is 0.264. The van der Waals surface area contributed by atoms with Gasteiger partial charge in [0.15, 0.2) is 6.79 Å². The normalized spacial score (nSPS) is 10.8. The third-order valence-electron chi connectivity index (χ3n) is 2.25.